The Morgan fingerprint density at radius 2 is 2.05 bits per heavy atom. The maximum absolute atomic E-state index is 10.9. The molecule has 2 aliphatic carbocycles. The van der Waals surface area contributed by atoms with Gasteiger partial charge in [0.1, 0.15) is 5.15 Å². The number of nitrogens with zero attached hydrogens (tertiary/aromatic N) is 4. The number of hydrogen-bond acceptors (Lipinski definition) is 4. The first-order chi connectivity index (χ1) is 9.86. The topological polar surface area (TPSA) is 63.3 Å². The number of aliphatic hydroxyl groups excluding tert-OH is 1. The van der Waals surface area contributed by atoms with Crippen LogP contribution in [0.1, 0.15) is 45.4 Å². The molecule has 2 saturated carbocycles. The molecule has 1 N–H and O–H groups in total. The van der Waals surface area contributed by atoms with E-state index in [-0.39, 0.29) is 16.7 Å². The summed E-state index contributed by atoms with van der Waals surface area (Å²) in [7, 11) is 0. The van der Waals surface area contributed by atoms with E-state index in [1.807, 2.05) is 0 Å². The molecule has 2 bridgehead atoms. The van der Waals surface area contributed by atoms with Crippen LogP contribution in [0.2, 0.25) is 5.15 Å². The highest BCUT2D eigenvalue weighted by Gasteiger charge is 2.67. The lowest BCUT2D eigenvalue weighted by molar-refractivity contribution is 0.00326. The van der Waals surface area contributed by atoms with Crippen molar-refractivity contribution in [3.8, 4) is 0 Å². The highest BCUT2D eigenvalue weighted by Crippen LogP contribution is 2.69. The Morgan fingerprint density at radius 3 is 2.71 bits per heavy atom. The van der Waals surface area contributed by atoms with Crippen LogP contribution in [0.3, 0.4) is 0 Å². The predicted molar refractivity (Wildman–Crippen MR) is 79.2 cm³/mol. The molecule has 2 aliphatic rings. The van der Waals surface area contributed by atoms with Gasteiger partial charge in [-0.3, -0.25) is 0 Å². The van der Waals surface area contributed by atoms with E-state index in [2.05, 4.69) is 36.1 Å². The number of fused-ring (bicyclic) bond motifs is 3. The average molecular weight is 307 g/mol. The van der Waals surface area contributed by atoms with E-state index in [0.717, 1.165) is 18.7 Å². The number of rotatable bonds is 1. The SMILES string of the molecule is CC1(C)[C@@H]2CC[C@@]1(C)[C@H](O)[C@H]2c1nnc2ccc(Cl)nn12. The summed E-state index contributed by atoms with van der Waals surface area (Å²) in [5.41, 5.74) is 0.682. The van der Waals surface area contributed by atoms with Crippen LogP contribution in [0.15, 0.2) is 12.1 Å². The van der Waals surface area contributed by atoms with Gasteiger partial charge in [0.15, 0.2) is 11.5 Å². The van der Waals surface area contributed by atoms with Gasteiger partial charge >= 0.3 is 0 Å². The molecule has 21 heavy (non-hydrogen) atoms. The summed E-state index contributed by atoms with van der Waals surface area (Å²) < 4.78 is 1.69. The molecule has 112 valence electrons. The molecule has 0 unspecified atom stereocenters. The van der Waals surface area contributed by atoms with Gasteiger partial charge in [-0.15, -0.1) is 10.2 Å². The largest absolute Gasteiger partial charge is 0.392 e. The van der Waals surface area contributed by atoms with E-state index in [0.29, 0.717) is 16.7 Å². The van der Waals surface area contributed by atoms with Crippen molar-refractivity contribution in [2.75, 3.05) is 0 Å². The van der Waals surface area contributed by atoms with Crippen LogP contribution in [-0.2, 0) is 0 Å². The van der Waals surface area contributed by atoms with Crippen LogP contribution in [0.4, 0.5) is 0 Å². The molecule has 0 aromatic carbocycles. The first-order valence-corrected chi connectivity index (χ1v) is 7.80. The standard InChI is InChI=1S/C15H19ClN4O/c1-14(2)8-6-7-15(14,3)12(21)11(8)13-18-17-10-5-4-9(16)19-20(10)13/h4-5,8,11-12,21H,6-7H2,1-3H3/t8-,11+,12-,15+/m1/s1. The van der Waals surface area contributed by atoms with Crippen molar-refractivity contribution in [1.29, 1.82) is 0 Å². The van der Waals surface area contributed by atoms with Crippen LogP contribution < -0.4 is 0 Å². The number of aliphatic hydroxyl groups is 1. The van der Waals surface area contributed by atoms with Crippen molar-refractivity contribution in [3.63, 3.8) is 0 Å². The van der Waals surface area contributed by atoms with E-state index in [9.17, 15) is 5.11 Å². The van der Waals surface area contributed by atoms with Gasteiger partial charge in [0.2, 0.25) is 0 Å². The van der Waals surface area contributed by atoms with Crippen molar-refractivity contribution >= 4 is 17.2 Å². The van der Waals surface area contributed by atoms with E-state index in [1.165, 1.54) is 0 Å². The zero-order valence-corrected chi connectivity index (χ0v) is 13.2. The monoisotopic (exact) mass is 306 g/mol. The Bertz CT molecular complexity index is 728. The van der Waals surface area contributed by atoms with Crippen molar-refractivity contribution in [2.45, 2.75) is 45.6 Å². The summed E-state index contributed by atoms with van der Waals surface area (Å²) in [6.07, 6.45) is 1.76. The van der Waals surface area contributed by atoms with Crippen molar-refractivity contribution in [2.24, 2.45) is 16.7 Å². The summed E-state index contributed by atoms with van der Waals surface area (Å²) in [6, 6.07) is 3.51. The number of halogens is 1. The quantitative estimate of drug-likeness (QED) is 0.880. The second-order valence-electron chi connectivity index (χ2n) is 7.24. The Labute approximate surface area is 128 Å². The highest BCUT2D eigenvalue weighted by molar-refractivity contribution is 6.29. The van der Waals surface area contributed by atoms with E-state index >= 15 is 0 Å². The second-order valence-corrected chi connectivity index (χ2v) is 7.63. The van der Waals surface area contributed by atoms with Crippen molar-refractivity contribution in [3.05, 3.63) is 23.1 Å². The van der Waals surface area contributed by atoms with Crippen molar-refractivity contribution < 1.29 is 5.11 Å². The zero-order valence-electron chi connectivity index (χ0n) is 12.4. The lowest BCUT2D eigenvalue weighted by atomic mass is 9.70. The van der Waals surface area contributed by atoms with E-state index in [1.54, 1.807) is 16.6 Å². The highest BCUT2D eigenvalue weighted by atomic mass is 35.5. The third kappa shape index (κ3) is 1.48. The van der Waals surface area contributed by atoms with Gasteiger partial charge in [-0.05, 0) is 41.7 Å². The number of aromatic nitrogens is 4. The molecule has 4 atom stereocenters. The molecule has 2 aromatic rings. The molecular weight excluding hydrogens is 288 g/mol. The fourth-order valence-corrected chi connectivity index (χ4v) is 4.79. The van der Waals surface area contributed by atoms with Crippen LogP contribution in [0, 0.1) is 16.7 Å². The Hall–Kier alpha value is -1.20. The second kappa shape index (κ2) is 3.96. The molecule has 2 aromatic heterocycles. The third-order valence-corrected chi connectivity index (χ3v) is 6.55. The van der Waals surface area contributed by atoms with E-state index < -0.39 is 6.10 Å². The lowest BCUT2D eigenvalue weighted by Gasteiger charge is -2.37. The Morgan fingerprint density at radius 1 is 1.29 bits per heavy atom. The minimum atomic E-state index is -0.417. The molecule has 2 fully saturated rings. The smallest absolute Gasteiger partial charge is 0.178 e. The minimum absolute atomic E-state index is 0.0280. The fourth-order valence-electron chi connectivity index (χ4n) is 4.65. The van der Waals surface area contributed by atoms with Gasteiger partial charge in [-0.2, -0.15) is 9.61 Å². The summed E-state index contributed by atoms with van der Waals surface area (Å²) in [5, 5.41) is 24.1. The minimum Gasteiger partial charge on any atom is -0.392 e. The van der Waals surface area contributed by atoms with Gasteiger partial charge < -0.3 is 5.11 Å². The van der Waals surface area contributed by atoms with Crippen LogP contribution >= 0.6 is 11.6 Å². The lowest BCUT2D eigenvalue weighted by Crippen LogP contribution is -2.37. The zero-order chi connectivity index (χ0) is 15.0. The van der Waals surface area contributed by atoms with Gasteiger partial charge in [-0.1, -0.05) is 32.4 Å². The molecular formula is C15H19ClN4O. The molecule has 4 rings (SSSR count). The third-order valence-electron chi connectivity index (χ3n) is 6.35. The Balaban J connectivity index is 1.89. The first kappa shape index (κ1) is 13.5. The maximum atomic E-state index is 10.9. The molecule has 6 heteroatoms. The maximum Gasteiger partial charge on any atom is 0.178 e. The molecule has 5 nitrogen and oxygen atoms in total. The normalized spacial score (nSPS) is 37.5. The summed E-state index contributed by atoms with van der Waals surface area (Å²) in [5.74, 6) is 1.10. The van der Waals surface area contributed by atoms with Gasteiger partial charge in [0.05, 0.1) is 12.0 Å². The molecule has 0 spiro atoms. The van der Waals surface area contributed by atoms with Crippen LogP contribution in [-0.4, -0.2) is 31.0 Å². The molecule has 0 amide bonds. The number of hydrogen-bond donors (Lipinski definition) is 1. The van der Waals surface area contributed by atoms with Gasteiger partial charge in [-0.25, -0.2) is 0 Å². The van der Waals surface area contributed by atoms with Crippen molar-refractivity contribution in [1.82, 2.24) is 19.8 Å². The van der Waals surface area contributed by atoms with E-state index in [4.69, 9.17) is 11.6 Å². The van der Waals surface area contributed by atoms with Crippen LogP contribution in [0.5, 0.6) is 0 Å². The molecule has 0 aliphatic heterocycles. The summed E-state index contributed by atoms with van der Waals surface area (Å²) in [6.45, 7) is 6.72. The van der Waals surface area contributed by atoms with Gasteiger partial charge in [0.25, 0.3) is 0 Å². The fraction of sp³-hybridized carbons (Fsp3) is 0.667. The van der Waals surface area contributed by atoms with Gasteiger partial charge in [0, 0.05) is 0 Å². The molecule has 0 radical (unpaired) electrons. The summed E-state index contributed by atoms with van der Waals surface area (Å²) >= 11 is 6.00. The van der Waals surface area contributed by atoms with Crippen LogP contribution in [0.25, 0.3) is 5.65 Å². The average Bonchev–Trinajstić information content (AvgIpc) is 2.97. The molecule has 0 saturated heterocycles. The first-order valence-electron chi connectivity index (χ1n) is 7.42. The predicted octanol–water partition coefficient (Wildman–Crippen LogP) is 2.68. The molecule has 2 heterocycles. The Kier molecular flexibility index (Phi) is 2.54. The summed E-state index contributed by atoms with van der Waals surface area (Å²) in [4.78, 5) is 0.